The van der Waals surface area contributed by atoms with Crippen LogP contribution < -0.4 is 5.73 Å². The van der Waals surface area contributed by atoms with Crippen LogP contribution in [0, 0.1) is 11.8 Å². The van der Waals surface area contributed by atoms with Gasteiger partial charge in [-0.1, -0.05) is 63.7 Å². The van der Waals surface area contributed by atoms with E-state index in [1.807, 2.05) is 12.1 Å². The first-order chi connectivity index (χ1) is 12.9. The Kier molecular flexibility index (Phi) is 15.9. The van der Waals surface area contributed by atoms with Crippen molar-refractivity contribution in [2.45, 2.75) is 83.8 Å². The van der Waals surface area contributed by atoms with Gasteiger partial charge >= 0.3 is 0 Å². The van der Waals surface area contributed by atoms with E-state index in [2.05, 4.69) is 18.8 Å². The topological polar surface area (TPSA) is 104 Å². The SMILES string of the molecule is CC(=O)O.CCCCCCCCCCC#Cc1ccc(C(O)C(N)CO)s1. The molecule has 154 valence electrons. The number of aliphatic carboxylic acids is 1. The van der Waals surface area contributed by atoms with Gasteiger partial charge in [-0.15, -0.1) is 11.3 Å². The summed E-state index contributed by atoms with van der Waals surface area (Å²) < 4.78 is 0. The van der Waals surface area contributed by atoms with E-state index in [9.17, 15) is 5.11 Å². The molecule has 0 spiro atoms. The second-order valence-electron chi connectivity index (χ2n) is 6.54. The number of aliphatic hydroxyl groups excluding tert-OH is 2. The Balaban J connectivity index is 0.00000153. The molecule has 1 aromatic rings. The zero-order chi connectivity index (χ0) is 20.5. The van der Waals surface area contributed by atoms with Gasteiger partial charge in [-0.25, -0.2) is 0 Å². The van der Waals surface area contributed by atoms with Crippen LogP contribution in [0.4, 0.5) is 0 Å². The monoisotopic (exact) mass is 397 g/mol. The Hall–Kier alpha value is -1.39. The van der Waals surface area contributed by atoms with Crippen LogP contribution in [0.3, 0.4) is 0 Å². The van der Waals surface area contributed by atoms with Crippen molar-refractivity contribution in [1.82, 2.24) is 0 Å². The van der Waals surface area contributed by atoms with Gasteiger partial charge in [-0.2, -0.15) is 0 Å². The standard InChI is InChI=1S/C19H31NO2S.C2H4O2/c1-2-3-4-5-6-7-8-9-10-11-12-16-13-14-18(23-16)19(22)17(20)15-21;1-2(3)4/h13-14,17,19,21-22H,2-10,15,20H2,1H3;1H3,(H,3,4). The Bertz CT molecular complexity index is 558. The van der Waals surface area contributed by atoms with Gasteiger partial charge in [0.05, 0.1) is 17.5 Å². The quantitative estimate of drug-likeness (QED) is 0.333. The lowest BCUT2D eigenvalue weighted by molar-refractivity contribution is -0.134. The third-order valence-corrected chi connectivity index (χ3v) is 4.97. The molecule has 5 nitrogen and oxygen atoms in total. The second-order valence-corrected chi connectivity index (χ2v) is 7.65. The average Bonchev–Trinajstić information content (AvgIpc) is 3.10. The molecular formula is C21H35NO4S. The van der Waals surface area contributed by atoms with Crippen LogP contribution in [0.15, 0.2) is 12.1 Å². The van der Waals surface area contributed by atoms with Gasteiger partial charge in [0.25, 0.3) is 5.97 Å². The van der Waals surface area contributed by atoms with Crippen molar-refractivity contribution in [3.63, 3.8) is 0 Å². The minimum Gasteiger partial charge on any atom is -0.481 e. The summed E-state index contributed by atoms with van der Waals surface area (Å²) in [6.07, 6.45) is 10.6. The van der Waals surface area contributed by atoms with Crippen LogP contribution in [0.5, 0.6) is 0 Å². The summed E-state index contributed by atoms with van der Waals surface area (Å²) in [4.78, 5) is 10.7. The molecule has 2 unspecified atom stereocenters. The number of thiophene rings is 1. The highest BCUT2D eigenvalue weighted by molar-refractivity contribution is 7.12. The van der Waals surface area contributed by atoms with E-state index >= 15 is 0 Å². The molecule has 0 amide bonds. The van der Waals surface area contributed by atoms with E-state index in [0.29, 0.717) is 0 Å². The molecule has 2 atom stereocenters. The van der Waals surface area contributed by atoms with Gasteiger partial charge < -0.3 is 21.1 Å². The van der Waals surface area contributed by atoms with Crippen molar-refractivity contribution >= 4 is 17.3 Å². The number of aliphatic hydroxyl groups is 2. The zero-order valence-electron chi connectivity index (χ0n) is 16.6. The molecule has 5 N–H and O–H groups in total. The van der Waals surface area contributed by atoms with E-state index in [1.54, 1.807) is 0 Å². The number of hydrogen-bond acceptors (Lipinski definition) is 5. The molecule has 1 heterocycles. The number of hydrogen-bond donors (Lipinski definition) is 4. The molecule has 1 rings (SSSR count). The number of carboxylic acids is 1. The highest BCUT2D eigenvalue weighted by Crippen LogP contribution is 2.24. The Morgan fingerprint density at radius 2 is 1.70 bits per heavy atom. The van der Waals surface area contributed by atoms with E-state index in [4.69, 9.17) is 20.7 Å². The van der Waals surface area contributed by atoms with Crippen LogP contribution in [0.1, 0.15) is 87.5 Å². The molecule has 1 aromatic heterocycles. The van der Waals surface area contributed by atoms with Gasteiger partial charge in [0.15, 0.2) is 0 Å². The van der Waals surface area contributed by atoms with Crippen LogP contribution in [-0.4, -0.2) is 33.9 Å². The van der Waals surface area contributed by atoms with Crippen LogP contribution in [0.2, 0.25) is 0 Å². The normalized spacial score (nSPS) is 12.3. The van der Waals surface area contributed by atoms with Crippen LogP contribution >= 0.6 is 11.3 Å². The number of unbranched alkanes of at least 4 members (excludes halogenated alkanes) is 8. The molecule has 0 saturated heterocycles. The minimum atomic E-state index is -0.833. The van der Waals surface area contributed by atoms with Gasteiger partial charge in [0, 0.05) is 18.2 Å². The first-order valence-corrected chi connectivity index (χ1v) is 10.6. The summed E-state index contributed by atoms with van der Waals surface area (Å²) in [5.41, 5.74) is 5.63. The molecule has 6 heteroatoms. The molecule has 0 radical (unpaired) electrons. The maximum absolute atomic E-state index is 9.93. The fourth-order valence-corrected chi connectivity index (χ4v) is 3.33. The average molecular weight is 398 g/mol. The Labute approximate surface area is 167 Å². The molecule has 0 fully saturated rings. The summed E-state index contributed by atoms with van der Waals surface area (Å²) in [5.74, 6) is 5.52. The van der Waals surface area contributed by atoms with Gasteiger partial charge in [-0.3, -0.25) is 4.79 Å². The van der Waals surface area contributed by atoms with E-state index in [1.165, 1.54) is 56.3 Å². The molecule has 27 heavy (non-hydrogen) atoms. The maximum Gasteiger partial charge on any atom is 0.300 e. The lowest BCUT2D eigenvalue weighted by Crippen LogP contribution is -2.31. The summed E-state index contributed by atoms with van der Waals surface area (Å²) in [5, 5.41) is 26.3. The summed E-state index contributed by atoms with van der Waals surface area (Å²) in [6.45, 7) is 3.11. The smallest absolute Gasteiger partial charge is 0.300 e. The second kappa shape index (κ2) is 16.8. The zero-order valence-corrected chi connectivity index (χ0v) is 17.4. The van der Waals surface area contributed by atoms with E-state index in [-0.39, 0.29) is 6.61 Å². The fourth-order valence-electron chi connectivity index (χ4n) is 2.39. The largest absolute Gasteiger partial charge is 0.481 e. The molecule has 0 aliphatic heterocycles. The molecular weight excluding hydrogens is 362 g/mol. The van der Waals surface area contributed by atoms with Gasteiger partial charge in [0.2, 0.25) is 0 Å². The number of carbonyl (C=O) groups is 1. The maximum atomic E-state index is 9.93. The van der Waals surface area contributed by atoms with Crippen molar-refractivity contribution < 1.29 is 20.1 Å². The van der Waals surface area contributed by atoms with Crippen molar-refractivity contribution in [2.75, 3.05) is 6.61 Å². The third-order valence-electron chi connectivity index (χ3n) is 3.90. The Morgan fingerprint density at radius 3 is 2.26 bits per heavy atom. The number of carboxylic acid groups (broad SMARTS) is 1. The molecule has 0 bridgehead atoms. The highest BCUT2D eigenvalue weighted by atomic mass is 32.1. The molecule has 0 aromatic carbocycles. The van der Waals surface area contributed by atoms with Crippen molar-refractivity contribution in [2.24, 2.45) is 5.73 Å². The first kappa shape index (κ1) is 25.6. The van der Waals surface area contributed by atoms with E-state index < -0.39 is 18.1 Å². The molecule has 0 aliphatic rings. The molecule has 0 saturated carbocycles. The third kappa shape index (κ3) is 14.3. The van der Waals surface area contributed by atoms with Crippen LogP contribution in [0.25, 0.3) is 0 Å². The number of rotatable bonds is 11. The lowest BCUT2D eigenvalue weighted by atomic mass is 10.1. The first-order valence-electron chi connectivity index (χ1n) is 9.75. The predicted octanol–water partition coefficient (Wildman–Crippen LogP) is 4.07. The minimum absolute atomic E-state index is 0.224. The van der Waals surface area contributed by atoms with Crippen LogP contribution in [-0.2, 0) is 4.79 Å². The highest BCUT2D eigenvalue weighted by Gasteiger charge is 2.17. The summed E-state index contributed by atoms with van der Waals surface area (Å²) >= 11 is 1.45. The summed E-state index contributed by atoms with van der Waals surface area (Å²) in [6, 6.07) is 3.12. The lowest BCUT2D eigenvalue weighted by Gasteiger charge is -2.14. The van der Waals surface area contributed by atoms with Crippen molar-refractivity contribution in [3.05, 3.63) is 21.9 Å². The van der Waals surface area contributed by atoms with Gasteiger partial charge in [0.1, 0.15) is 6.10 Å². The predicted molar refractivity (Wildman–Crippen MR) is 112 cm³/mol. The Morgan fingerprint density at radius 1 is 1.15 bits per heavy atom. The summed E-state index contributed by atoms with van der Waals surface area (Å²) in [7, 11) is 0. The van der Waals surface area contributed by atoms with Crippen molar-refractivity contribution in [3.8, 4) is 11.8 Å². The van der Waals surface area contributed by atoms with Crippen molar-refractivity contribution in [1.29, 1.82) is 0 Å². The fraction of sp³-hybridized carbons (Fsp3) is 0.667. The number of nitrogens with two attached hydrogens (primary N) is 1. The molecule has 0 aliphatic carbocycles. The van der Waals surface area contributed by atoms with Gasteiger partial charge in [-0.05, 0) is 18.6 Å². The van der Waals surface area contributed by atoms with E-state index in [0.717, 1.165) is 29.5 Å².